The van der Waals surface area contributed by atoms with Crippen molar-refractivity contribution in [3.05, 3.63) is 68.8 Å². The summed E-state index contributed by atoms with van der Waals surface area (Å²) < 4.78 is 10.4. The Morgan fingerprint density at radius 2 is 2.18 bits per heavy atom. The predicted octanol–water partition coefficient (Wildman–Crippen LogP) is 3.44. The molecule has 0 saturated carbocycles. The Bertz CT molecular complexity index is 896. The number of benzene rings is 1. The lowest BCUT2D eigenvalue weighted by Gasteiger charge is -2.08. The monoisotopic (exact) mass is 317 g/mol. The molecule has 3 aromatic rings. The van der Waals surface area contributed by atoms with Crippen LogP contribution in [0.4, 0.5) is 0 Å². The van der Waals surface area contributed by atoms with E-state index in [-0.39, 0.29) is 6.61 Å². The van der Waals surface area contributed by atoms with Crippen molar-refractivity contribution in [3.8, 4) is 0 Å². The summed E-state index contributed by atoms with van der Waals surface area (Å²) in [6, 6.07) is 8.00. The van der Waals surface area contributed by atoms with E-state index in [1.165, 1.54) is 6.07 Å². The molecule has 5 nitrogen and oxygen atoms in total. The van der Waals surface area contributed by atoms with Crippen molar-refractivity contribution >= 4 is 28.5 Å². The second-order valence-corrected chi connectivity index (χ2v) is 5.26. The number of aryl methyl sites for hydroxylation is 1. The molecule has 0 aliphatic heterocycles. The van der Waals surface area contributed by atoms with Crippen LogP contribution in [0.3, 0.4) is 0 Å². The van der Waals surface area contributed by atoms with E-state index in [2.05, 4.69) is 4.98 Å². The van der Waals surface area contributed by atoms with Gasteiger partial charge in [0.1, 0.15) is 17.9 Å². The van der Waals surface area contributed by atoms with Crippen molar-refractivity contribution in [2.24, 2.45) is 0 Å². The first-order chi connectivity index (χ1) is 10.5. The third-order valence-corrected chi connectivity index (χ3v) is 3.69. The summed E-state index contributed by atoms with van der Waals surface area (Å²) in [5.41, 5.74) is 1.62. The van der Waals surface area contributed by atoms with Crippen LogP contribution in [0.2, 0.25) is 5.02 Å². The minimum atomic E-state index is -0.500. The molecule has 0 atom stereocenters. The molecule has 0 bridgehead atoms. The van der Waals surface area contributed by atoms with Crippen LogP contribution < -0.4 is 5.63 Å². The summed E-state index contributed by atoms with van der Waals surface area (Å²) in [5.74, 6) is -0.496. The van der Waals surface area contributed by atoms with E-state index in [9.17, 15) is 9.59 Å². The van der Waals surface area contributed by atoms with Crippen molar-refractivity contribution < 1.29 is 13.9 Å². The maximum Gasteiger partial charge on any atom is 0.355 e. The highest BCUT2D eigenvalue weighted by Crippen LogP contribution is 2.25. The van der Waals surface area contributed by atoms with Crippen molar-refractivity contribution in [1.82, 2.24) is 4.98 Å². The van der Waals surface area contributed by atoms with Gasteiger partial charge in [-0.05, 0) is 36.8 Å². The van der Waals surface area contributed by atoms with E-state index in [4.69, 9.17) is 20.8 Å². The molecule has 0 saturated heterocycles. The van der Waals surface area contributed by atoms with E-state index >= 15 is 0 Å². The molecule has 0 unspecified atom stereocenters. The van der Waals surface area contributed by atoms with Crippen LogP contribution in [0.15, 0.2) is 45.7 Å². The van der Waals surface area contributed by atoms with Crippen molar-refractivity contribution in [1.29, 1.82) is 0 Å². The van der Waals surface area contributed by atoms with Gasteiger partial charge in [0.25, 0.3) is 0 Å². The number of carbonyl (C=O) groups is 1. The van der Waals surface area contributed by atoms with E-state index in [1.54, 1.807) is 30.5 Å². The van der Waals surface area contributed by atoms with Gasteiger partial charge < -0.3 is 14.1 Å². The molecule has 3 rings (SSSR count). The van der Waals surface area contributed by atoms with E-state index in [0.717, 1.165) is 5.56 Å². The fourth-order valence-electron chi connectivity index (χ4n) is 2.15. The molecular weight excluding hydrogens is 306 g/mol. The highest BCUT2D eigenvalue weighted by atomic mass is 35.5. The molecule has 0 spiro atoms. The number of aromatic nitrogens is 1. The summed E-state index contributed by atoms with van der Waals surface area (Å²) in [6.07, 6.45) is 1.63. The third kappa shape index (κ3) is 2.76. The minimum absolute atomic E-state index is 0.0423. The highest BCUT2D eigenvalue weighted by molar-refractivity contribution is 6.32. The molecule has 1 aromatic carbocycles. The topological polar surface area (TPSA) is 72.3 Å². The van der Waals surface area contributed by atoms with Gasteiger partial charge >= 0.3 is 11.6 Å². The lowest BCUT2D eigenvalue weighted by Crippen LogP contribution is -2.08. The number of fused-ring (bicyclic) bond motifs is 1. The van der Waals surface area contributed by atoms with Crippen molar-refractivity contribution in [3.63, 3.8) is 0 Å². The van der Waals surface area contributed by atoms with Crippen molar-refractivity contribution in [2.75, 3.05) is 0 Å². The standard InChI is InChI=1S/C16H12ClNO4/c1-9-5-14-11(7-12(9)17)10(6-15(19)22-14)8-21-16(20)13-3-2-4-18-13/h2-7,18H,8H2,1H3. The van der Waals surface area contributed by atoms with Gasteiger partial charge in [0.05, 0.1) is 0 Å². The number of ether oxygens (including phenoxy) is 1. The molecule has 112 valence electrons. The molecule has 22 heavy (non-hydrogen) atoms. The fraction of sp³-hybridized carbons (Fsp3) is 0.125. The Morgan fingerprint density at radius 1 is 1.36 bits per heavy atom. The zero-order valence-corrected chi connectivity index (χ0v) is 12.4. The lowest BCUT2D eigenvalue weighted by atomic mass is 10.1. The van der Waals surface area contributed by atoms with E-state index in [0.29, 0.717) is 27.2 Å². The summed E-state index contributed by atoms with van der Waals surface area (Å²) >= 11 is 6.11. The largest absolute Gasteiger partial charge is 0.456 e. The highest BCUT2D eigenvalue weighted by Gasteiger charge is 2.12. The second kappa shape index (κ2) is 5.69. The first-order valence-electron chi connectivity index (χ1n) is 6.58. The Kier molecular flexibility index (Phi) is 3.73. The normalized spacial score (nSPS) is 10.8. The minimum Gasteiger partial charge on any atom is -0.456 e. The van der Waals surface area contributed by atoms with Crippen molar-refractivity contribution in [2.45, 2.75) is 13.5 Å². The Labute approximate surface area is 130 Å². The van der Waals surface area contributed by atoms with Crippen LogP contribution in [-0.4, -0.2) is 11.0 Å². The SMILES string of the molecule is Cc1cc2oc(=O)cc(COC(=O)c3ccc[nH]3)c2cc1Cl. The Balaban J connectivity index is 1.94. The average Bonchev–Trinajstić information content (AvgIpc) is 3.00. The number of halogens is 1. The van der Waals surface area contributed by atoms with E-state index < -0.39 is 11.6 Å². The number of aromatic amines is 1. The number of H-pyrrole nitrogens is 1. The predicted molar refractivity (Wildman–Crippen MR) is 82.1 cm³/mol. The molecule has 0 aliphatic rings. The molecule has 0 aliphatic carbocycles. The van der Waals surface area contributed by atoms with E-state index in [1.807, 2.05) is 6.92 Å². The fourth-order valence-corrected chi connectivity index (χ4v) is 2.31. The number of rotatable bonds is 3. The number of hydrogen-bond acceptors (Lipinski definition) is 4. The summed E-state index contributed by atoms with van der Waals surface area (Å²) in [5, 5.41) is 1.20. The Hall–Kier alpha value is -2.53. The molecule has 1 N–H and O–H groups in total. The van der Waals surface area contributed by atoms with Gasteiger partial charge in [-0.15, -0.1) is 0 Å². The zero-order valence-electron chi connectivity index (χ0n) is 11.7. The first-order valence-corrected chi connectivity index (χ1v) is 6.96. The zero-order chi connectivity index (χ0) is 15.7. The number of hydrogen-bond donors (Lipinski definition) is 1. The number of carbonyl (C=O) groups excluding carboxylic acids is 1. The summed E-state index contributed by atoms with van der Waals surface area (Å²) in [7, 11) is 0. The molecule has 2 aromatic heterocycles. The van der Waals surface area contributed by atoms with Gasteiger partial charge in [-0.2, -0.15) is 0 Å². The average molecular weight is 318 g/mol. The maximum absolute atomic E-state index is 11.8. The molecular formula is C16H12ClNO4. The Morgan fingerprint density at radius 3 is 2.91 bits per heavy atom. The second-order valence-electron chi connectivity index (χ2n) is 4.85. The van der Waals surface area contributed by atoms with Gasteiger partial charge in [-0.25, -0.2) is 9.59 Å². The van der Waals surface area contributed by atoms with Crippen LogP contribution in [0, 0.1) is 6.92 Å². The first kappa shape index (κ1) is 14.4. The molecule has 6 heteroatoms. The van der Waals surface area contributed by atoms with Gasteiger partial charge in [-0.3, -0.25) is 0 Å². The maximum atomic E-state index is 11.8. The van der Waals surface area contributed by atoms with Crippen LogP contribution in [0.5, 0.6) is 0 Å². The molecule has 0 radical (unpaired) electrons. The lowest BCUT2D eigenvalue weighted by molar-refractivity contribution is 0.0467. The summed E-state index contributed by atoms with van der Waals surface area (Å²) in [6.45, 7) is 1.78. The van der Waals surface area contributed by atoms with Gasteiger partial charge in [0, 0.05) is 28.2 Å². The smallest absolute Gasteiger partial charge is 0.355 e. The third-order valence-electron chi connectivity index (χ3n) is 3.29. The van der Waals surface area contributed by atoms with Crippen LogP contribution in [0.25, 0.3) is 11.0 Å². The molecule has 0 amide bonds. The molecule has 0 fully saturated rings. The quantitative estimate of drug-likeness (QED) is 0.593. The molecule has 2 heterocycles. The summed E-state index contributed by atoms with van der Waals surface area (Å²) in [4.78, 5) is 26.2. The van der Waals surface area contributed by atoms with Gasteiger partial charge in [0.2, 0.25) is 0 Å². The van der Waals surface area contributed by atoms with Crippen LogP contribution >= 0.6 is 11.6 Å². The van der Waals surface area contributed by atoms with Gasteiger partial charge in [0.15, 0.2) is 0 Å². The number of esters is 1. The van der Waals surface area contributed by atoms with Gasteiger partial charge in [-0.1, -0.05) is 11.6 Å². The van der Waals surface area contributed by atoms with Crippen LogP contribution in [-0.2, 0) is 11.3 Å². The van der Waals surface area contributed by atoms with Crippen LogP contribution in [0.1, 0.15) is 21.6 Å². The number of nitrogens with one attached hydrogen (secondary N) is 1.